The van der Waals surface area contributed by atoms with Crippen LogP contribution in [0.25, 0.3) is 0 Å². The molecular formula is C15H14N2O2. The molecule has 0 aliphatic rings. The number of carbonyl (C=O) groups excluding carboxylic acids is 1. The molecule has 0 N–H and O–H groups in total. The average molecular weight is 254 g/mol. The Morgan fingerprint density at radius 3 is 2.84 bits per heavy atom. The van der Waals surface area contributed by atoms with Crippen molar-refractivity contribution in [2.24, 2.45) is 0 Å². The summed E-state index contributed by atoms with van der Waals surface area (Å²) in [6.07, 6.45) is 1.51. The molecular weight excluding hydrogens is 240 g/mol. The van der Waals surface area contributed by atoms with Crippen molar-refractivity contribution in [2.45, 2.75) is 13.5 Å². The summed E-state index contributed by atoms with van der Waals surface area (Å²) in [5.41, 5.74) is 2.33. The number of nitrogens with zero attached hydrogens (tertiary/aromatic N) is 2. The minimum absolute atomic E-state index is 0.162. The van der Waals surface area contributed by atoms with E-state index in [9.17, 15) is 4.79 Å². The molecule has 4 heteroatoms. The van der Waals surface area contributed by atoms with Gasteiger partial charge >= 0.3 is 0 Å². The Morgan fingerprint density at radius 1 is 1.42 bits per heavy atom. The number of furan rings is 1. The Hall–Kier alpha value is -2.54. The second kappa shape index (κ2) is 5.40. The lowest BCUT2D eigenvalue weighted by atomic mass is 10.1. The Labute approximate surface area is 111 Å². The molecule has 19 heavy (non-hydrogen) atoms. The van der Waals surface area contributed by atoms with Gasteiger partial charge in [-0.2, -0.15) is 5.26 Å². The van der Waals surface area contributed by atoms with Crippen LogP contribution in [-0.2, 0) is 6.54 Å². The molecule has 1 heterocycles. The molecule has 0 saturated heterocycles. The first-order valence-corrected chi connectivity index (χ1v) is 5.90. The van der Waals surface area contributed by atoms with Crippen LogP contribution < -0.4 is 0 Å². The molecule has 2 aromatic rings. The second-order valence-corrected chi connectivity index (χ2v) is 4.41. The van der Waals surface area contributed by atoms with Gasteiger partial charge in [-0.15, -0.1) is 0 Å². The third-order valence-corrected chi connectivity index (χ3v) is 2.88. The third kappa shape index (κ3) is 2.83. The Morgan fingerprint density at radius 2 is 2.21 bits per heavy atom. The SMILES string of the molecule is Cc1ccoc1C(=O)N(C)Cc1cccc(C#N)c1. The van der Waals surface area contributed by atoms with E-state index in [0.29, 0.717) is 17.9 Å². The van der Waals surface area contributed by atoms with Crippen LogP contribution in [0.15, 0.2) is 41.0 Å². The standard InChI is InChI=1S/C15H14N2O2/c1-11-6-7-19-14(11)15(18)17(2)10-13-5-3-4-12(8-13)9-16/h3-8H,10H2,1-2H3. The van der Waals surface area contributed by atoms with Crippen LogP contribution >= 0.6 is 0 Å². The minimum atomic E-state index is -0.162. The molecule has 4 nitrogen and oxygen atoms in total. The number of carbonyl (C=O) groups is 1. The summed E-state index contributed by atoms with van der Waals surface area (Å²) in [7, 11) is 1.71. The van der Waals surface area contributed by atoms with Crippen LogP contribution in [0.1, 0.15) is 27.2 Å². The highest BCUT2D eigenvalue weighted by Gasteiger charge is 2.17. The minimum Gasteiger partial charge on any atom is -0.459 e. The van der Waals surface area contributed by atoms with Crippen molar-refractivity contribution in [2.75, 3.05) is 7.05 Å². The van der Waals surface area contributed by atoms with E-state index < -0.39 is 0 Å². The Kier molecular flexibility index (Phi) is 3.67. The van der Waals surface area contributed by atoms with Crippen molar-refractivity contribution in [1.82, 2.24) is 4.90 Å². The molecule has 96 valence electrons. The largest absolute Gasteiger partial charge is 0.459 e. The molecule has 0 unspecified atom stereocenters. The van der Waals surface area contributed by atoms with E-state index in [4.69, 9.17) is 9.68 Å². The molecule has 2 rings (SSSR count). The molecule has 1 aromatic carbocycles. The molecule has 0 aliphatic heterocycles. The van der Waals surface area contributed by atoms with Crippen molar-refractivity contribution >= 4 is 5.91 Å². The normalized spacial score (nSPS) is 9.95. The van der Waals surface area contributed by atoms with Gasteiger partial charge in [-0.05, 0) is 30.7 Å². The summed E-state index contributed by atoms with van der Waals surface area (Å²) < 4.78 is 5.19. The van der Waals surface area contributed by atoms with Gasteiger partial charge in [0.15, 0.2) is 5.76 Å². The predicted octanol–water partition coefficient (Wildman–Crippen LogP) is 2.73. The van der Waals surface area contributed by atoms with Crippen molar-refractivity contribution in [1.29, 1.82) is 5.26 Å². The van der Waals surface area contributed by atoms with E-state index in [0.717, 1.165) is 11.1 Å². The quantitative estimate of drug-likeness (QED) is 0.846. The van der Waals surface area contributed by atoms with E-state index in [2.05, 4.69) is 6.07 Å². The highest BCUT2D eigenvalue weighted by Crippen LogP contribution is 2.13. The molecule has 0 fully saturated rings. The van der Waals surface area contributed by atoms with Crippen molar-refractivity contribution < 1.29 is 9.21 Å². The van der Waals surface area contributed by atoms with Crippen molar-refractivity contribution in [3.8, 4) is 6.07 Å². The fraction of sp³-hybridized carbons (Fsp3) is 0.200. The molecule has 0 atom stereocenters. The number of nitriles is 1. The number of rotatable bonds is 3. The van der Waals surface area contributed by atoms with E-state index in [-0.39, 0.29) is 5.91 Å². The summed E-state index contributed by atoms with van der Waals surface area (Å²) in [5.74, 6) is 0.198. The topological polar surface area (TPSA) is 57.2 Å². The maximum atomic E-state index is 12.2. The molecule has 0 aliphatic carbocycles. The fourth-order valence-corrected chi connectivity index (χ4v) is 1.85. The lowest BCUT2D eigenvalue weighted by molar-refractivity contribution is 0.0752. The fourth-order valence-electron chi connectivity index (χ4n) is 1.85. The average Bonchev–Trinajstić information content (AvgIpc) is 2.84. The monoisotopic (exact) mass is 254 g/mol. The molecule has 0 radical (unpaired) electrons. The maximum absolute atomic E-state index is 12.2. The zero-order chi connectivity index (χ0) is 13.8. The third-order valence-electron chi connectivity index (χ3n) is 2.88. The number of benzene rings is 1. The highest BCUT2D eigenvalue weighted by molar-refractivity contribution is 5.92. The van der Waals surface area contributed by atoms with Crippen LogP contribution in [0.2, 0.25) is 0 Å². The predicted molar refractivity (Wildman–Crippen MR) is 70.4 cm³/mol. The number of amides is 1. The molecule has 0 saturated carbocycles. The summed E-state index contributed by atoms with van der Waals surface area (Å²) in [5, 5.41) is 8.85. The zero-order valence-corrected chi connectivity index (χ0v) is 10.9. The Balaban J connectivity index is 2.13. The van der Waals surface area contributed by atoms with Crippen LogP contribution in [-0.4, -0.2) is 17.9 Å². The molecule has 1 aromatic heterocycles. The van der Waals surface area contributed by atoms with Gasteiger partial charge in [0, 0.05) is 19.2 Å². The van der Waals surface area contributed by atoms with Gasteiger partial charge in [0.2, 0.25) is 0 Å². The van der Waals surface area contributed by atoms with Crippen LogP contribution in [0.5, 0.6) is 0 Å². The van der Waals surface area contributed by atoms with Crippen LogP contribution in [0.4, 0.5) is 0 Å². The van der Waals surface area contributed by atoms with Gasteiger partial charge in [-0.1, -0.05) is 12.1 Å². The number of aryl methyl sites for hydroxylation is 1. The number of hydrogen-bond donors (Lipinski definition) is 0. The van der Waals surface area contributed by atoms with E-state index in [1.165, 1.54) is 6.26 Å². The molecule has 1 amide bonds. The van der Waals surface area contributed by atoms with Crippen molar-refractivity contribution in [3.63, 3.8) is 0 Å². The van der Waals surface area contributed by atoms with Crippen molar-refractivity contribution in [3.05, 3.63) is 59.0 Å². The zero-order valence-electron chi connectivity index (χ0n) is 10.9. The summed E-state index contributed by atoms with van der Waals surface area (Å²) in [6.45, 7) is 2.27. The lowest BCUT2D eigenvalue weighted by Gasteiger charge is -2.16. The molecule has 0 spiro atoms. The van der Waals surface area contributed by atoms with Crippen LogP contribution in [0.3, 0.4) is 0 Å². The first-order valence-electron chi connectivity index (χ1n) is 5.90. The van der Waals surface area contributed by atoms with Crippen LogP contribution in [0, 0.1) is 18.3 Å². The molecule has 0 bridgehead atoms. The maximum Gasteiger partial charge on any atom is 0.289 e. The van der Waals surface area contributed by atoms with E-state index >= 15 is 0 Å². The Bertz CT molecular complexity index is 638. The first kappa shape index (κ1) is 12.9. The summed E-state index contributed by atoms with van der Waals surface area (Å²) in [6, 6.07) is 11.1. The van der Waals surface area contributed by atoms with E-state index in [1.807, 2.05) is 19.1 Å². The van der Waals surface area contributed by atoms with Gasteiger partial charge < -0.3 is 9.32 Å². The van der Waals surface area contributed by atoms with Gasteiger partial charge in [-0.3, -0.25) is 4.79 Å². The first-order chi connectivity index (χ1) is 9.11. The van der Waals surface area contributed by atoms with Gasteiger partial charge in [-0.25, -0.2) is 0 Å². The van der Waals surface area contributed by atoms with Gasteiger partial charge in [0.25, 0.3) is 5.91 Å². The second-order valence-electron chi connectivity index (χ2n) is 4.41. The van der Waals surface area contributed by atoms with Gasteiger partial charge in [0.1, 0.15) is 0 Å². The highest BCUT2D eigenvalue weighted by atomic mass is 16.3. The number of hydrogen-bond acceptors (Lipinski definition) is 3. The smallest absolute Gasteiger partial charge is 0.289 e. The lowest BCUT2D eigenvalue weighted by Crippen LogP contribution is -2.26. The summed E-state index contributed by atoms with van der Waals surface area (Å²) >= 11 is 0. The van der Waals surface area contributed by atoms with E-state index in [1.54, 1.807) is 30.1 Å². The van der Waals surface area contributed by atoms with Gasteiger partial charge in [0.05, 0.1) is 17.9 Å². The summed E-state index contributed by atoms with van der Waals surface area (Å²) in [4.78, 5) is 13.7.